The summed E-state index contributed by atoms with van der Waals surface area (Å²) in [5.74, 6) is -0.225. The van der Waals surface area contributed by atoms with Crippen LogP contribution in [0.3, 0.4) is 0 Å². The zero-order chi connectivity index (χ0) is 20.2. The lowest BCUT2D eigenvalue weighted by atomic mass is 10.1. The van der Waals surface area contributed by atoms with E-state index in [1.807, 2.05) is 37.3 Å². The number of hydrogen-bond donors (Lipinski definition) is 0. The topological polar surface area (TPSA) is 65.0 Å². The standard InChI is InChI=1S/C24H17NO4/c1-16-7-11-18(12-8-16)22-25-21(24(27)29-22)15-17-9-13-20(14-10-17)28-23(26)19-5-3-2-4-6-19/h2-15H,1H3/b21-15+. The number of carbonyl (C=O) groups excluding carboxylic acids is 2. The molecule has 4 rings (SSSR count). The highest BCUT2D eigenvalue weighted by Crippen LogP contribution is 2.21. The molecule has 0 atom stereocenters. The SMILES string of the molecule is Cc1ccc(C2=N/C(=C/c3ccc(OC(=O)c4ccccc4)cc3)C(=O)O2)cc1. The van der Waals surface area contributed by atoms with E-state index in [1.54, 1.807) is 54.6 Å². The minimum atomic E-state index is -0.500. The van der Waals surface area contributed by atoms with Crippen LogP contribution in [0.25, 0.3) is 6.08 Å². The lowest BCUT2D eigenvalue weighted by Gasteiger charge is -2.04. The van der Waals surface area contributed by atoms with Gasteiger partial charge in [0.05, 0.1) is 5.56 Å². The molecule has 0 N–H and O–H groups in total. The lowest BCUT2D eigenvalue weighted by molar-refractivity contribution is -0.129. The van der Waals surface area contributed by atoms with Gasteiger partial charge in [0, 0.05) is 5.56 Å². The Balaban J connectivity index is 1.49. The van der Waals surface area contributed by atoms with Crippen LogP contribution in [0, 0.1) is 6.92 Å². The van der Waals surface area contributed by atoms with Crippen molar-refractivity contribution in [3.63, 3.8) is 0 Å². The fraction of sp³-hybridized carbons (Fsp3) is 0.0417. The molecule has 29 heavy (non-hydrogen) atoms. The van der Waals surface area contributed by atoms with Gasteiger partial charge in [-0.05, 0) is 55.0 Å². The van der Waals surface area contributed by atoms with E-state index in [0.717, 1.165) is 16.7 Å². The Morgan fingerprint density at radius 2 is 1.62 bits per heavy atom. The van der Waals surface area contributed by atoms with Crippen molar-refractivity contribution in [2.24, 2.45) is 4.99 Å². The number of esters is 2. The molecule has 0 saturated heterocycles. The molecule has 5 heteroatoms. The van der Waals surface area contributed by atoms with Crippen molar-refractivity contribution >= 4 is 23.9 Å². The second kappa shape index (κ2) is 7.94. The van der Waals surface area contributed by atoms with Crippen LogP contribution < -0.4 is 4.74 Å². The van der Waals surface area contributed by atoms with Gasteiger partial charge in [0.1, 0.15) is 5.75 Å². The van der Waals surface area contributed by atoms with Crippen LogP contribution in [-0.2, 0) is 9.53 Å². The van der Waals surface area contributed by atoms with Gasteiger partial charge in [-0.25, -0.2) is 14.6 Å². The molecule has 0 fully saturated rings. The number of benzene rings is 3. The molecule has 0 aromatic heterocycles. The molecule has 1 aliphatic heterocycles. The first-order valence-corrected chi connectivity index (χ1v) is 9.05. The zero-order valence-corrected chi connectivity index (χ0v) is 15.7. The predicted octanol–water partition coefficient (Wildman–Crippen LogP) is 4.56. The van der Waals surface area contributed by atoms with Crippen LogP contribution in [0.4, 0.5) is 0 Å². The zero-order valence-electron chi connectivity index (χ0n) is 15.7. The molecule has 0 spiro atoms. The first kappa shape index (κ1) is 18.4. The molecule has 0 unspecified atom stereocenters. The van der Waals surface area contributed by atoms with Gasteiger partial charge in [-0.1, -0.05) is 48.0 Å². The van der Waals surface area contributed by atoms with Crippen LogP contribution in [0.2, 0.25) is 0 Å². The first-order chi connectivity index (χ1) is 14.1. The second-order valence-corrected chi connectivity index (χ2v) is 6.53. The average molecular weight is 383 g/mol. The molecule has 142 valence electrons. The van der Waals surface area contributed by atoms with Crippen molar-refractivity contribution in [1.82, 2.24) is 0 Å². The van der Waals surface area contributed by atoms with Crippen LogP contribution in [0.1, 0.15) is 27.0 Å². The number of carbonyl (C=O) groups is 2. The molecule has 3 aromatic carbocycles. The quantitative estimate of drug-likeness (QED) is 0.376. The van der Waals surface area contributed by atoms with Crippen molar-refractivity contribution in [2.45, 2.75) is 6.92 Å². The van der Waals surface area contributed by atoms with Crippen molar-refractivity contribution in [3.05, 3.63) is 107 Å². The maximum atomic E-state index is 12.1. The van der Waals surface area contributed by atoms with Gasteiger partial charge in [0.2, 0.25) is 5.90 Å². The van der Waals surface area contributed by atoms with E-state index >= 15 is 0 Å². The summed E-state index contributed by atoms with van der Waals surface area (Å²) in [5.41, 5.74) is 3.29. The molecule has 3 aromatic rings. The highest BCUT2D eigenvalue weighted by molar-refractivity contribution is 6.12. The summed E-state index contributed by atoms with van der Waals surface area (Å²) < 4.78 is 10.6. The Hall–Kier alpha value is -3.99. The van der Waals surface area contributed by atoms with Gasteiger partial charge in [0.25, 0.3) is 0 Å². The molecular weight excluding hydrogens is 366 g/mol. The minimum Gasteiger partial charge on any atom is -0.423 e. The number of aryl methyl sites for hydroxylation is 1. The van der Waals surface area contributed by atoms with Crippen LogP contribution in [0.15, 0.2) is 89.6 Å². The maximum absolute atomic E-state index is 12.1. The van der Waals surface area contributed by atoms with Crippen molar-refractivity contribution in [3.8, 4) is 5.75 Å². The third-order valence-electron chi connectivity index (χ3n) is 4.32. The smallest absolute Gasteiger partial charge is 0.363 e. The van der Waals surface area contributed by atoms with Gasteiger partial charge in [-0.15, -0.1) is 0 Å². The molecule has 0 bridgehead atoms. The van der Waals surface area contributed by atoms with Crippen molar-refractivity contribution in [2.75, 3.05) is 0 Å². The Kier molecular flexibility index (Phi) is 5.03. The van der Waals surface area contributed by atoms with Gasteiger partial charge < -0.3 is 9.47 Å². The van der Waals surface area contributed by atoms with E-state index in [1.165, 1.54) is 0 Å². The largest absolute Gasteiger partial charge is 0.423 e. The number of ether oxygens (including phenoxy) is 2. The summed E-state index contributed by atoms with van der Waals surface area (Å²) in [6.07, 6.45) is 1.63. The van der Waals surface area contributed by atoms with Gasteiger partial charge >= 0.3 is 11.9 Å². The molecule has 0 saturated carbocycles. The summed E-state index contributed by atoms with van der Waals surface area (Å²) in [6, 6.07) is 23.2. The number of nitrogens with zero attached hydrogens (tertiary/aromatic N) is 1. The van der Waals surface area contributed by atoms with Crippen molar-refractivity contribution in [1.29, 1.82) is 0 Å². The summed E-state index contributed by atoms with van der Waals surface area (Å²) >= 11 is 0. The third-order valence-corrected chi connectivity index (χ3v) is 4.32. The number of hydrogen-bond acceptors (Lipinski definition) is 5. The number of rotatable bonds is 4. The summed E-state index contributed by atoms with van der Waals surface area (Å²) in [4.78, 5) is 28.5. The highest BCUT2D eigenvalue weighted by Gasteiger charge is 2.24. The molecule has 1 heterocycles. The third kappa shape index (κ3) is 4.30. The molecule has 1 aliphatic rings. The van der Waals surface area contributed by atoms with Gasteiger partial charge in [0.15, 0.2) is 5.70 Å². The highest BCUT2D eigenvalue weighted by atomic mass is 16.6. The van der Waals surface area contributed by atoms with Crippen LogP contribution in [-0.4, -0.2) is 17.8 Å². The average Bonchev–Trinajstić information content (AvgIpc) is 3.11. The Morgan fingerprint density at radius 3 is 2.31 bits per heavy atom. The minimum absolute atomic E-state index is 0.217. The lowest BCUT2D eigenvalue weighted by Crippen LogP contribution is -2.07. The molecule has 5 nitrogen and oxygen atoms in total. The number of aliphatic imine (C=N–C) groups is 1. The van der Waals surface area contributed by atoms with Crippen molar-refractivity contribution < 1.29 is 19.1 Å². The molecule has 0 radical (unpaired) electrons. The fourth-order valence-corrected chi connectivity index (χ4v) is 2.76. The maximum Gasteiger partial charge on any atom is 0.363 e. The Labute approximate surface area is 167 Å². The van der Waals surface area contributed by atoms with Crippen LogP contribution in [0.5, 0.6) is 5.75 Å². The predicted molar refractivity (Wildman–Crippen MR) is 110 cm³/mol. The first-order valence-electron chi connectivity index (χ1n) is 9.05. The molecule has 0 amide bonds. The van der Waals surface area contributed by atoms with E-state index < -0.39 is 11.9 Å². The number of cyclic esters (lactones) is 1. The van der Waals surface area contributed by atoms with E-state index in [4.69, 9.17) is 9.47 Å². The second-order valence-electron chi connectivity index (χ2n) is 6.53. The fourth-order valence-electron chi connectivity index (χ4n) is 2.76. The molecule has 0 aliphatic carbocycles. The van der Waals surface area contributed by atoms with E-state index in [9.17, 15) is 9.59 Å². The Morgan fingerprint density at radius 1 is 0.931 bits per heavy atom. The van der Waals surface area contributed by atoms with E-state index in [-0.39, 0.29) is 11.6 Å². The van der Waals surface area contributed by atoms with Gasteiger partial charge in [-0.3, -0.25) is 0 Å². The Bertz CT molecular complexity index is 1110. The summed E-state index contributed by atoms with van der Waals surface area (Å²) in [6.45, 7) is 1.98. The van der Waals surface area contributed by atoms with Gasteiger partial charge in [-0.2, -0.15) is 0 Å². The summed E-state index contributed by atoms with van der Waals surface area (Å²) in [7, 11) is 0. The monoisotopic (exact) mass is 383 g/mol. The van der Waals surface area contributed by atoms with E-state index in [0.29, 0.717) is 11.3 Å². The molecular formula is C24H17NO4. The van der Waals surface area contributed by atoms with E-state index in [2.05, 4.69) is 4.99 Å². The van der Waals surface area contributed by atoms with Crippen LogP contribution >= 0.6 is 0 Å². The summed E-state index contributed by atoms with van der Waals surface area (Å²) in [5, 5.41) is 0. The normalized spacial score (nSPS) is 14.4.